The predicted molar refractivity (Wildman–Crippen MR) is 138 cm³/mol. The number of carbonyl (C=O) groups is 2. The summed E-state index contributed by atoms with van der Waals surface area (Å²) >= 11 is 0. The SMILES string of the molecule is CCC(=O)N1CCC(NC(=O)c2c(C)[nH]c3c(-c4cc(OC)ccc4OCC4CC4)ccnc23)CC1. The molecule has 2 aliphatic rings. The molecule has 2 amide bonds. The minimum absolute atomic E-state index is 0.0340. The molecule has 1 aliphatic heterocycles. The van der Waals surface area contributed by atoms with E-state index in [1.165, 1.54) is 12.8 Å². The highest BCUT2D eigenvalue weighted by molar-refractivity contribution is 6.09. The number of carbonyl (C=O) groups excluding carboxylic acids is 2. The molecule has 0 radical (unpaired) electrons. The normalized spacial score (nSPS) is 16.2. The highest BCUT2D eigenvalue weighted by Gasteiger charge is 2.27. The Bertz CT molecular complexity index is 1270. The number of hydrogen-bond acceptors (Lipinski definition) is 5. The Hall–Kier alpha value is -3.55. The number of methoxy groups -OCH3 is 1. The second kappa shape index (κ2) is 10.2. The number of likely N-dealkylation sites (tertiary alicyclic amines) is 1. The monoisotopic (exact) mass is 490 g/mol. The molecule has 8 nitrogen and oxygen atoms in total. The lowest BCUT2D eigenvalue weighted by Crippen LogP contribution is -2.46. The fourth-order valence-corrected chi connectivity index (χ4v) is 4.93. The first-order valence-corrected chi connectivity index (χ1v) is 12.9. The van der Waals surface area contributed by atoms with Crippen LogP contribution in [-0.4, -0.2) is 59.5 Å². The van der Waals surface area contributed by atoms with Crippen molar-refractivity contribution in [1.82, 2.24) is 20.2 Å². The van der Waals surface area contributed by atoms with E-state index in [0.29, 0.717) is 43.1 Å². The second-order valence-electron chi connectivity index (χ2n) is 9.81. The number of H-pyrrole nitrogens is 1. The Morgan fingerprint density at radius 1 is 1.14 bits per heavy atom. The lowest BCUT2D eigenvalue weighted by atomic mass is 10.0. The number of rotatable bonds is 8. The van der Waals surface area contributed by atoms with Crippen LogP contribution in [-0.2, 0) is 4.79 Å². The molecule has 2 fully saturated rings. The second-order valence-corrected chi connectivity index (χ2v) is 9.81. The summed E-state index contributed by atoms with van der Waals surface area (Å²) in [6, 6.07) is 7.80. The molecule has 0 bridgehead atoms. The number of pyridine rings is 1. The van der Waals surface area contributed by atoms with Gasteiger partial charge in [-0.25, -0.2) is 0 Å². The van der Waals surface area contributed by atoms with Crippen LogP contribution in [0.4, 0.5) is 0 Å². The van der Waals surface area contributed by atoms with Gasteiger partial charge in [-0.1, -0.05) is 6.92 Å². The predicted octanol–water partition coefficient (Wildman–Crippen LogP) is 4.47. The zero-order valence-electron chi connectivity index (χ0n) is 21.2. The Balaban J connectivity index is 1.42. The standard InChI is InChI=1S/C28H34N4O4/c1-4-24(33)32-13-10-19(11-14-32)31-28(34)25-17(2)30-26-21(9-12-29-27(25)26)22-15-20(35-3)7-8-23(22)36-16-18-5-6-18/h7-9,12,15,18-19,30H,4-6,10-11,13-14,16H2,1-3H3,(H,31,34). The maximum absolute atomic E-state index is 13.4. The average Bonchev–Trinajstić information content (AvgIpc) is 3.66. The van der Waals surface area contributed by atoms with Crippen LogP contribution in [0.25, 0.3) is 22.2 Å². The van der Waals surface area contributed by atoms with Gasteiger partial charge in [-0.05, 0) is 62.8 Å². The Kier molecular flexibility index (Phi) is 6.85. The number of hydrogen-bond donors (Lipinski definition) is 2. The molecule has 36 heavy (non-hydrogen) atoms. The number of aryl methyl sites for hydroxylation is 1. The molecule has 1 saturated carbocycles. The van der Waals surface area contributed by atoms with Crippen molar-refractivity contribution < 1.29 is 19.1 Å². The number of nitrogens with one attached hydrogen (secondary N) is 2. The molecule has 2 aromatic heterocycles. The van der Waals surface area contributed by atoms with Gasteiger partial charge >= 0.3 is 0 Å². The van der Waals surface area contributed by atoms with E-state index in [1.54, 1.807) is 13.3 Å². The van der Waals surface area contributed by atoms with Crippen LogP contribution in [0, 0.1) is 12.8 Å². The summed E-state index contributed by atoms with van der Waals surface area (Å²) in [6.07, 6.45) is 6.19. The molecule has 1 aliphatic carbocycles. The third-order valence-electron chi connectivity index (χ3n) is 7.24. The van der Waals surface area contributed by atoms with Crippen molar-refractivity contribution in [3.05, 3.63) is 41.7 Å². The lowest BCUT2D eigenvalue weighted by Gasteiger charge is -2.32. The summed E-state index contributed by atoms with van der Waals surface area (Å²) in [6.45, 7) is 5.83. The van der Waals surface area contributed by atoms with Crippen molar-refractivity contribution in [3.63, 3.8) is 0 Å². The number of aromatic amines is 1. The van der Waals surface area contributed by atoms with Gasteiger partial charge in [0.15, 0.2) is 0 Å². The van der Waals surface area contributed by atoms with Gasteiger partial charge in [0.1, 0.15) is 17.0 Å². The largest absolute Gasteiger partial charge is 0.497 e. The van der Waals surface area contributed by atoms with E-state index >= 15 is 0 Å². The van der Waals surface area contributed by atoms with E-state index < -0.39 is 0 Å². The van der Waals surface area contributed by atoms with Crippen molar-refractivity contribution in [1.29, 1.82) is 0 Å². The molecule has 190 valence electrons. The quantitative estimate of drug-likeness (QED) is 0.486. The van der Waals surface area contributed by atoms with Crippen LogP contribution in [0.15, 0.2) is 30.5 Å². The van der Waals surface area contributed by atoms with Crippen molar-refractivity contribution in [2.45, 2.75) is 52.0 Å². The highest BCUT2D eigenvalue weighted by atomic mass is 16.5. The van der Waals surface area contributed by atoms with Gasteiger partial charge in [0.05, 0.1) is 24.8 Å². The van der Waals surface area contributed by atoms with E-state index in [1.807, 2.05) is 43.0 Å². The van der Waals surface area contributed by atoms with Crippen LogP contribution in [0.3, 0.4) is 0 Å². The summed E-state index contributed by atoms with van der Waals surface area (Å²) in [5.74, 6) is 2.19. The highest BCUT2D eigenvalue weighted by Crippen LogP contribution is 2.39. The van der Waals surface area contributed by atoms with E-state index in [-0.39, 0.29) is 17.9 Å². The number of fused-ring (bicyclic) bond motifs is 1. The van der Waals surface area contributed by atoms with Gasteiger partial charge in [0.25, 0.3) is 5.91 Å². The van der Waals surface area contributed by atoms with Gasteiger partial charge in [0.2, 0.25) is 5.91 Å². The summed E-state index contributed by atoms with van der Waals surface area (Å²) < 4.78 is 11.7. The van der Waals surface area contributed by atoms with Gasteiger partial charge in [-0.2, -0.15) is 0 Å². The van der Waals surface area contributed by atoms with Crippen LogP contribution in [0.5, 0.6) is 11.5 Å². The minimum Gasteiger partial charge on any atom is -0.497 e. The van der Waals surface area contributed by atoms with Crippen LogP contribution in [0.2, 0.25) is 0 Å². The van der Waals surface area contributed by atoms with E-state index in [9.17, 15) is 9.59 Å². The summed E-state index contributed by atoms with van der Waals surface area (Å²) in [5, 5.41) is 3.18. The van der Waals surface area contributed by atoms with E-state index in [4.69, 9.17) is 9.47 Å². The molecule has 0 unspecified atom stereocenters. The summed E-state index contributed by atoms with van der Waals surface area (Å²) in [5.41, 5.74) is 4.58. The molecule has 0 spiro atoms. The number of aromatic nitrogens is 2. The first-order chi connectivity index (χ1) is 17.5. The zero-order chi connectivity index (χ0) is 25.2. The molecule has 3 heterocycles. The topological polar surface area (TPSA) is 96.6 Å². The van der Waals surface area contributed by atoms with Crippen LogP contribution < -0.4 is 14.8 Å². The molecule has 0 atom stereocenters. The third kappa shape index (κ3) is 4.90. The minimum atomic E-state index is -0.139. The summed E-state index contributed by atoms with van der Waals surface area (Å²) in [4.78, 5) is 35.2. The smallest absolute Gasteiger partial charge is 0.255 e. The molecule has 2 N–H and O–H groups in total. The fraction of sp³-hybridized carbons (Fsp3) is 0.464. The van der Waals surface area contributed by atoms with Crippen LogP contribution in [0.1, 0.15) is 55.1 Å². The molecule has 1 saturated heterocycles. The first-order valence-electron chi connectivity index (χ1n) is 12.9. The number of ether oxygens (including phenoxy) is 2. The maximum atomic E-state index is 13.4. The lowest BCUT2D eigenvalue weighted by molar-refractivity contribution is -0.131. The van der Waals surface area contributed by atoms with Crippen molar-refractivity contribution in [2.75, 3.05) is 26.8 Å². The zero-order valence-corrected chi connectivity index (χ0v) is 21.2. The number of benzene rings is 1. The fourth-order valence-electron chi connectivity index (χ4n) is 4.93. The van der Waals surface area contributed by atoms with E-state index in [0.717, 1.165) is 46.7 Å². The third-order valence-corrected chi connectivity index (χ3v) is 7.24. The molecule has 5 rings (SSSR count). The van der Waals surface area contributed by atoms with Crippen molar-refractivity contribution in [3.8, 4) is 22.6 Å². The van der Waals surface area contributed by atoms with Crippen LogP contribution >= 0.6 is 0 Å². The number of amides is 2. The molecular weight excluding hydrogens is 456 g/mol. The maximum Gasteiger partial charge on any atom is 0.255 e. The van der Waals surface area contributed by atoms with Crippen molar-refractivity contribution in [2.24, 2.45) is 5.92 Å². The van der Waals surface area contributed by atoms with Gasteiger partial charge in [-0.3, -0.25) is 14.6 Å². The number of piperidine rings is 1. The average molecular weight is 491 g/mol. The van der Waals surface area contributed by atoms with Crippen molar-refractivity contribution >= 4 is 22.8 Å². The molecule has 8 heteroatoms. The van der Waals surface area contributed by atoms with E-state index in [2.05, 4.69) is 15.3 Å². The Morgan fingerprint density at radius 3 is 2.61 bits per heavy atom. The van der Waals surface area contributed by atoms with Gasteiger partial charge in [0, 0.05) is 48.6 Å². The van der Waals surface area contributed by atoms with Gasteiger partial charge in [-0.15, -0.1) is 0 Å². The molecular formula is C28H34N4O4. The number of nitrogens with zero attached hydrogens (tertiary/aromatic N) is 2. The molecule has 1 aromatic carbocycles. The molecule has 3 aromatic rings. The Morgan fingerprint density at radius 2 is 1.92 bits per heavy atom. The Labute approximate surface area is 211 Å². The van der Waals surface area contributed by atoms with Gasteiger partial charge < -0.3 is 24.7 Å². The summed E-state index contributed by atoms with van der Waals surface area (Å²) in [7, 11) is 1.65. The first kappa shape index (κ1) is 24.2.